The van der Waals surface area contributed by atoms with E-state index in [-0.39, 0.29) is 12.1 Å². The number of ether oxygens (including phenoxy) is 1. The molecule has 1 aliphatic rings. The van der Waals surface area contributed by atoms with Crippen molar-refractivity contribution in [3.05, 3.63) is 12.7 Å². The number of methoxy groups -OCH3 is 1. The largest absolute Gasteiger partial charge is 0.380 e. The topological polar surface area (TPSA) is 55.4 Å². The summed E-state index contributed by atoms with van der Waals surface area (Å²) in [7, 11) is -1.73. The van der Waals surface area contributed by atoms with Gasteiger partial charge in [0.15, 0.2) is 0 Å². The maximum absolute atomic E-state index is 11.8. The van der Waals surface area contributed by atoms with Gasteiger partial charge in [-0.2, -0.15) is 0 Å². The second-order valence-electron chi connectivity index (χ2n) is 3.94. The Morgan fingerprint density at radius 2 is 2.20 bits per heavy atom. The van der Waals surface area contributed by atoms with Gasteiger partial charge in [-0.25, -0.2) is 13.1 Å². The number of sulfonamides is 1. The zero-order valence-electron chi connectivity index (χ0n) is 9.27. The normalized spacial score (nSPS) is 20.9. The molecule has 1 N–H and O–H groups in total. The Labute approximate surface area is 91.8 Å². The van der Waals surface area contributed by atoms with Crippen LogP contribution in [0.2, 0.25) is 0 Å². The Balaban J connectivity index is 2.61. The van der Waals surface area contributed by atoms with Crippen LogP contribution in [0.4, 0.5) is 0 Å². The Hall–Kier alpha value is -0.390. The maximum atomic E-state index is 11.8. The number of hydrogen-bond donors (Lipinski definition) is 1. The Bertz CT molecular complexity index is 309. The molecule has 15 heavy (non-hydrogen) atoms. The SMILES string of the molecule is C=CC[C@@H](OC)[C@H](C)S(=O)(=O)NC1CC1. The van der Waals surface area contributed by atoms with Gasteiger partial charge in [-0.3, -0.25) is 0 Å². The van der Waals surface area contributed by atoms with Crippen molar-refractivity contribution >= 4 is 10.0 Å². The third-order valence-electron chi connectivity index (χ3n) is 2.62. The van der Waals surface area contributed by atoms with Gasteiger partial charge in [0, 0.05) is 13.2 Å². The van der Waals surface area contributed by atoms with Crippen LogP contribution in [0.3, 0.4) is 0 Å². The van der Waals surface area contributed by atoms with E-state index in [0.717, 1.165) is 12.8 Å². The third kappa shape index (κ3) is 3.59. The van der Waals surface area contributed by atoms with E-state index in [9.17, 15) is 8.42 Å². The lowest BCUT2D eigenvalue weighted by Gasteiger charge is -2.21. The molecule has 0 aromatic rings. The minimum absolute atomic E-state index is 0.152. The van der Waals surface area contributed by atoms with E-state index in [1.54, 1.807) is 13.0 Å². The highest BCUT2D eigenvalue weighted by Gasteiger charge is 2.34. The summed E-state index contributed by atoms with van der Waals surface area (Å²) in [5.41, 5.74) is 0. The van der Waals surface area contributed by atoms with Crippen LogP contribution >= 0.6 is 0 Å². The molecule has 0 radical (unpaired) electrons. The van der Waals surface area contributed by atoms with Gasteiger partial charge in [0.1, 0.15) is 0 Å². The summed E-state index contributed by atoms with van der Waals surface area (Å²) in [6.07, 6.45) is 3.80. The van der Waals surface area contributed by atoms with Crippen LogP contribution in [0.1, 0.15) is 26.2 Å². The van der Waals surface area contributed by atoms with Crippen LogP contribution in [0.15, 0.2) is 12.7 Å². The van der Waals surface area contributed by atoms with Gasteiger partial charge in [-0.1, -0.05) is 6.08 Å². The quantitative estimate of drug-likeness (QED) is 0.669. The van der Waals surface area contributed by atoms with Crippen molar-refractivity contribution in [3.63, 3.8) is 0 Å². The average molecular weight is 233 g/mol. The van der Waals surface area contributed by atoms with Gasteiger partial charge in [0.25, 0.3) is 0 Å². The summed E-state index contributed by atoms with van der Waals surface area (Å²) in [6, 6.07) is 0.152. The number of rotatable bonds is 7. The molecule has 0 unspecified atom stereocenters. The van der Waals surface area contributed by atoms with E-state index >= 15 is 0 Å². The van der Waals surface area contributed by atoms with Gasteiger partial charge in [-0.15, -0.1) is 6.58 Å². The van der Waals surface area contributed by atoms with E-state index in [1.165, 1.54) is 7.11 Å². The minimum atomic E-state index is -3.25. The standard InChI is InChI=1S/C10H19NO3S/c1-4-5-10(14-3)8(2)15(12,13)11-9-6-7-9/h4,8-11H,1,5-7H2,2-3H3/t8-,10+/m0/s1. The Morgan fingerprint density at radius 1 is 1.60 bits per heavy atom. The fourth-order valence-corrected chi connectivity index (χ4v) is 2.92. The van der Waals surface area contributed by atoms with Gasteiger partial charge in [0.2, 0.25) is 10.0 Å². The molecule has 5 heteroatoms. The molecule has 4 nitrogen and oxygen atoms in total. The second-order valence-corrected chi connectivity index (χ2v) is 6.01. The molecule has 1 aliphatic carbocycles. The molecular weight excluding hydrogens is 214 g/mol. The van der Waals surface area contributed by atoms with Crippen LogP contribution in [0.25, 0.3) is 0 Å². The second kappa shape index (κ2) is 5.09. The van der Waals surface area contributed by atoms with Crippen LogP contribution in [-0.2, 0) is 14.8 Å². The van der Waals surface area contributed by atoms with E-state index in [0.29, 0.717) is 6.42 Å². The van der Waals surface area contributed by atoms with Crippen molar-refractivity contribution in [3.8, 4) is 0 Å². The van der Waals surface area contributed by atoms with Crippen molar-refractivity contribution in [2.75, 3.05) is 7.11 Å². The molecule has 0 aromatic heterocycles. The summed E-state index contributed by atoms with van der Waals surface area (Å²) in [4.78, 5) is 0. The zero-order chi connectivity index (χ0) is 11.5. The average Bonchev–Trinajstić information content (AvgIpc) is 2.96. The monoisotopic (exact) mass is 233 g/mol. The van der Waals surface area contributed by atoms with Crippen LogP contribution in [-0.4, -0.2) is 32.9 Å². The predicted octanol–water partition coefficient (Wildman–Crippen LogP) is 1.05. The number of hydrogen-bond acceptors (Lipinski definition) is 3. The number of nitrogens with one attached hydrogen (secondary N) is 1. The smallest absolute Gasteiger partial charge is 0.217 e. The lowest BCUT2D eigenvalue weighted by atomic mass is 10.2. The van der Waals surface area contributed by atoms with Crippen molar-refractivity contribution in [2.45, 2.75) is 43.6 Å². The Morgan fingerprint density at radius 3 is 2.60 bits per heavy atom. The fraction of sp³-hybridized carbons (Fsp3) is 0.800. The predicted molar refractivity (Wildman–Crippen MR) is 60.2 cm³/mol. The van der Waals surface area contributed by atoms with Crippen molar-refractivity contribution in [2.24, 2.45) is 0 Å². The van der Waals surface area contributed by atoms with Crippen molar-refractivity contribution in [1.29, 1.82) is 0 Å². The first-order chi connectivity index (χ1) is 7.01. The molecule has 0 bridgehead atoms. The molecule has 0 heterocycles. The van der Waals surface area contributed by atoms with Crippen LogP contribution in [0.5, 0.6) is 0 Å². The molecule has 2 atom stereocenters. The van der Waals surface area contributed by atoms with Crippen LogP contribution < -0.4 is 4.72 Å². The summed E-state index contributed by atoms with van der Waals surface area (Å²) in [6.45, 7) is 5.26. The first-order valence-corrected chi connectivity index (χ1v) is 6.70. The molecule has 0 amide bonds. The highest BCUT2D eigenvalue weighted by Crippen LogP contribution is 2.22. The summed E-state index contributed by atoms with van der Waals surface area (Å²) in [5, 5.41) is -0.541. The molecule has 0 aromatic carbocycles. The van der Waals surface area contributed by atoms with Crippen LogP contribution in [0, 0.1) is 0 Å². The molecule has 1 fully saturated rings. The molecule has 1 rings (SSSR count). The van der Waals surface area contributed by atoms with Gasteiger partial charge in [-0.05, 0) is 26.2 Å². The van der Waals surface area contributed by atoms with E-state index in [1.807, 2.05) is 0 Å². The van der Waals surface area contributed by atoms with Gasteiger partial charge < -0.3 is 4.74 Å². The van der Waals surface area contributed by atoms with E-state index in [4.69, 9.17) is 4.74 Å². The molecule has 0 saturated heterocycles. The first-order valence-electron chi connectivity index (χ1n) is 5.16. The lowest BCUT2D eigenvalue weighted by molar-refractivity contribution is 0.104. The first kappa shape index (κ1) is 12.7. The highest BCUT2D eigenvalue weighted by molar-refractivity contribution is 7.90. The zero-order valence-corrected chi connectivity index (χ0v) is 10.1. The van der Waals surface area contributed by atoms with E-state index in [2.05, 4.69) is 11.3 Å². The lowest BCUT2D eigenvalue weighted by Crippen LogP contribution is -2.41. The van der Waals surface area contributed by atoms with E-state index < -0.39 is 15.3 Å². The summed E-state index contributed by atoms with van der Waals surface area (Å²) in [5.74, 6) is 0. The van der Waals surface area contributed by atoms with Crippen molar-refractivity contribution < 1.29 is 13.2 Å². The summed E-state index contributed by atoms with van der Waals surface area (Å²) >= 11 is 0. The molecule has 88 valence electrons. The van der Waals surface area contributed by atoms with Gasteiger partial charge in [0.05, 0.1) is 11.4 Å². The Kier molecular flexibility index (Phi) is 4.31. The third-order valence-corrected chi connectivity index (χ3v) is 4.57. The molecule has 0 aliphatic heterocycles. The fourth-order valence-electron chi connectivity index (χ4n) is 1.38. The van der Waals surface area contributed by atoms with Gasteiger partial charge >= 0.3 is 0 Å². The molecule has 0 spiro atoms. The van der Waals surface area contributed by atoms with Crippen molar-refractivity contribution in [1.82, 2.24) is 4.72 Å². The highest BCUT2D eigenvalue weighted by atomic mass is 32.2. The molecule has 1 saturated carbocycles. The minimum Gasteiger partial charge on any atom is -0.380 e. The summed E-state index contributed by atoms with van der Waals surface area (Å²) < 4.78 is 31.5. The maximum Gasteiger partial charge on any atom is 0.217 e. The molecular formula is C10H19NO3S.